The average molecular weight is 443 g/mol. The Bertz CT molecular complexity index is 836. The highest BCUT2D eigenvalue weighted by Gasteiger charge is 2.42. The molecule has 3 aliphatic rings. The number of rotatable bonds is 6. The molecular formula is C24H34N4O4. The Balaban J connectivity index is 1.50. The Kier molecular flexibility index (Phi) is 7.10. The molecule has 32 heavy (non-hydrogen) atoms. The van der Waals surface area contributed by atoms with Crippen LogP contribution in [0.25, 0.3) is 0 Å². The molecule has 4 unspecified atom stereocenters. The Hall–Kier alpha value is -2.45. The first-order valence-electron chi connectivity index (χ1n) is 11.7. The van der Waals surface area contributed by atoms with E-state index in [0.717, 1.165) is 44.7 Å². The van der Waals surface area contributed by atoms with E-state index in [0.29, 0.717) is 5.71 Å². The van der Waals surface area contributed by atoms with Gasteiger partial charge >= 0.3 is 5.97 Å². The van der Waals surface area contributed by atoms with Crippen molar-refractivity contribution in [1.29, 1.82) is 0 Å². The topological polar surface area (TPSA) is 74.7 Å². The second kappa shape index (κ2) is 10.0. The maximum atomic E-state index is 13.8. The van der Waals surface area contributed by atoms with Crippen molar-refractivity contribution in [3.8, 4) is 0 Å². The standard InChI is InChI=1S/C24H34N4O4/c1-4-31-24(30)21-13-22(28(25-21)19-9-6-5-7-10-19)23(29)27-12-8-11-20(27)16-26-14-17(2)32-18(3)15-26/h5-7,9-10,17-18,20,22H,4,8,11-16H2,1-3H3. The van der Waals surface area contributed by atoms with E-state index in [4.69, 9.17) is 9.47 Å². The first kappa shape index (κ1) is 22.7. The molecule has 0 aromatic heterocycles. The molecule has 1 amide bonds. The van der Waals surface area contributed by atoms with Gasteiger partial charge in [0.1, 0.15) is 11.8 Å². The highest BCUT2D eigenvalue weighted by molar-refractivity contribution is 6.38. The van der Waals surface area contributed by atoms with Gasteiger partial charge < -0.3 is 14.4 Å². The average Bonchev–Trinajstić information content (AvgIpc) is 3.41. The molecule has 3 heterocycles. The van der Waals surface area contributed by atoms with Gasteiger partial charge in [0, 0.05) is 38.6 Å². The minimum Gasteiger partial charge on any atom is -0.461 e. The number of hydrogen-bond acceptors (Lipinski definition) is 7. The number of amides is 1. The molecule has 0 N–H and O–H groups in total. The first-order chi connectivity index (χ1) is 15.5. The molecule has 1 aromatic rings. The van der Waals surface area contributed by atoms with E-state index in [1.165, 1.54) is 0 Å². The zero-order valence-corrected chi connectivity index (χ0v) is 19.3. The molecule has 8 heteroatoms. The summed E-state index contributed by atoms with van der Waals surface area (Å²) in [6, 6.07) is 9.21. The number of anilines is 1. The van der Waals surface area contributed by atoms with Crippen molar-refractivity contribution in [3.63, 3.8) is 0 Å². The van der Waals surface area contributed by atoms with Gasteiger partial charge in [-0.3, -0.25) is 14.7 Å². The third kappa shape index (κ3) is 4.96. The summed E-state index contributed by atoms with van der Waals surface area (Å²) >= 11 is 0. The van der Waals surface area contributed by atoms with Crippen LogP contribution in [0.15, 0.2) is 35.4 Å². The zero-order valence-electron chi connectivity index (χ0n) is 19.3. The lowest BCUT2D eigenvalue weighted by Crippen LogP contribution is -2.53. The number of hydrogen-bond donors (Lipinski definition) is 0. The van der Waals surface area contributed by atoms with Crippen LogP contribution in [-0.4, -0.2) is 84.5 Å². The number of carbonyl (C=O) groups is 2. The van der Waals surface area contributed by atoms with Crippen molar-refractivity contribution < 1.29 is 19.1 Å². The van der Waals surface area contributed by atoms with Gasteiger partial charge in [-0.05, 0) is 45.7 Å². The second-order valence-electron chi connectivity index (χ2n) is 8.97. The Labute approximate surface area is 190 Å². The van der Waals surface area contributed by atoms with Crippen molar-refractivity contribution >= 4 is 23.3 Å². The van der Waals surface area contributed by atoms with Crippen LogP contribution in [0.4, 0.5) is 5.69 Å². The van der Waals surface area contributed by atoms with Gasteiger partial charge in [-0.25, -0.2) is 4.79 Å². The molecule has 4 rings (SSSR count). The molecule has 3 aliphatic heterocycles. The van der Waals surface area contributed by atoms with E-state index >= 15 is 0 Å². The third-order valence-corrected chi connectivity index (χ3v) is 6.35. The van der Waals surface area contributed by atoms with Crippen LogP contribution in [0.1, 0.15) is 40.0 Å². The monoisotopic (exact) mass is 442 g/mol. The summed E-state index contributed by atoms with van der Waals surface area (Å²) in [5, 5.41) is 6.21. The minimum atomic E-state index is -0.528. The van der Waals surface area contributed by atoms with Gasteiger partial charge in [0.15, 0.2) is 0 Å². The fourth-order valence-electron chi connectivity index (χ4n) is 5.10. The number of benzene rings is 1. The van der Waals surface area contributed by atoms with Gasteiger partial charge in [-0.15, -0.1) is 0 Å². The summed E-state index contributed by atoms with van der Waals surface area (Å²) in [6.45, 7) is 9.63. The molecule has 0 aliphatic carbocycles. The number of likely N-dealkylation sites (tertiary alicyclic amines) is 1. The van der Waals surface area contributed by atoms with E-state index < -0.39 is 12.0 Å². The van der Waals surface area contributed by atoms with Crippen molar-refractivity contribution in [2.45, 2.75) is 64.3 Å². The number of para-hydroxylation sites is 1. The second-order valence-corrected chi connectivity index (χ2v) is 8.97. The lowest BCUT2D eigenvalue weighted by Gasteiger charge is -2.39. The van der Waals surface area contributed by atoms with Crippen molar-refractivity contribution in [2.75, 3.05) is 37.8 Å². The fourth-order valence-corrected chi connectivity index (χ4v) is 5.10. The Morgan fingerprint density at radius 1 is 1.16 bits per heavy atom. The van der Waals surface area contributed by atoms with Gasteiger partial charge in [0.05, 0.1) is 24.5 Å². The number of hydrazone groups is 1. The number of morpholine rings is 1. The maximum Gasteiger partial charge on any atom is 0.354 e. The van der Waals surface area contributed by atoms with E-state index in [9.17, 15) is 9.59 Å². The van der Waals surface area contributed by atoms with Crippen molar-refractivity contribution in [2.24, 2.45) is 5.10 Å². The van der Waals surface area contributed by atoms with Crippen LogP contribution in [-0.2, 0) is 19.1 Å². The fraction of sp³-hybridized carbons (Fsp3) is 0.625. The lowest BCUT2D eigenvalue weighted by atomic mass is 10.1. The molecule has 2 saturated heterocycles. The van der Waals surface area contributed by atoms with Crippen LogP contribution in [0.3, 0.4) is 0 Å². The van der Waals surface area contributed by atoms with Crippen LogP contribution in [0.2, 0.25) is 0 Å². The molecule has 0 saturated carbocycles. The molecule has 1 aromatic carbocycles. The molecule has 2 fully saturated rings. The summed E-state index contributed by atoms with van der Waals surface area (Å²) < 4.78 is 11.0. The van der Waals surface area contributed by atoms with E-state index in [1.54, 1.807) is 11.9 Å². The van der Waals surface area contributed by atoms with Crippen LogP contribution in [0, 0.1) is 0 Å². The van der Waals surface area contributed by atoms with E-state index in [1.807, 2.05) is 35.2 Å². The Morgan fingerprint density at radius 2 is 1.88 bits per heavy atom. The van der Waals surface area contributed by atoms with Crippen molar-refractivity contribution in [3.05, 3.63) is 30.3 Å². The normalized spacial score (nSPS) is 28.7. The summed E-state index contributed by atoms with van der Waals surface area (Å²) in [5.41, 5.74) is 1.11. The van der Waals surface area contributed by atoms with Crippen LogP contribution in [0.5, 0.6) is 0 Å². The molecule has 0 radical (unpaired) electrons. The quantitative estimate of drug-likeness (QED) is 0.630. The van der Waals surface area contributed by atoms with Gasteiger partial charge in [0.2, 0.25) is 5.91 Å². The Morgan fingerprint density at radius 3 is 2.56 bits per heavy atom. The molecule has 0 bridgehead atoms. The highest BCUT2D eigenvalue weighted by atomic mass is 16.5. The van der Waals surface area contributed by atoms with Gasteiger partial charge in [0.25, 0.3) is 0 Å². The lowest BCUT2D eigenvalue weighted by molar-refractivity contribution is -0.135. The van der Waals surface area contributed by atoms with Crippen molar-refractivity contribution in [1.82, 2.24) is 9.80 Å². The summed E-state index contributed by atoms with van der Waals surface area (Å²) in [4.78, 5) is 30.6. The third-order valence-electron chi connectivity index (χ3n) is 6.35. The predicted octanol–water partition coefficient (Wildman–Crippen LogP) is 2.28. The maximum absolute atomic E-state index is 13.8. The first-order valence-corrected chi connectivity index (χ1v) is 11.7. The highest BCUT2D eigenvalue weighted by Crippen LogP contribution is 2.29. The van der Waals surface area contributed by atoms with E-state index in [2.05, 4.69) is 23.8 Å². The molecule has 4 atom stereocenters. The smallest absolute Gasteiger partial charge is 0.354 e. The molecule has 174 valence electrons. The largest absolute Gasteiger partial charge is 0.461 e. The van der Waals surface area contributed by atoms with Crippen LogP contribution < -0.4 is 5.01 Å². The molecule has 0 spiro atoms. The number of nitrogens with zero attached hydrogens (tertiary/aromatic N) is 4. The molecular weight excluding hydrogens is 408 g/mol. The summed E-state index contributed by atoms with van der Waals surface area (Å²) in [7, 11) is 0. The predicted molar refractivity (Wildman–Crippen MR) is 123 cm³/mol. The number of carbonyl (C=O) groups excluding carboxylic acids is 2. The molecule has 8 nitrogen and oxygen atoms in total. The van der Waals surface area contributed by atoms with Gasteiger partial charge in [-0.1, -0.05) is 18.2 Å². The summed E-state index contributed by atoms with van der Waals surface area (Å²) in [6.07, 6.45) is 2.66. The zero-order chi connectivity index (χ0) is 22.7. The summed E-state index contributed by atoms with van der Waals surface area (Å²) in [5.74, 6) is -0.410. The minimum absolute atomic E-state index is 0.0359. The SMILES string of the molecule is CCOC(=O)C1=NN(c2ccccc2)C(C(=O)N2CCCC2CN2CC(C)OC(C)C2)C1. The number of ether oxygens (including phenoxy) is 2. The number of esters is 1. The van der Waals surface area contributed by atoms with Gasteiger partial charge in [-0.2, -0.15) is 5.10 Å². The van der Waals surface area contributed by atoms with Crippen LogP contribution >= 0.6 is 0 Å². The van der Waals surface area contributed by atoms with E-state index in [-0.39, 0.29) is 37.2 Å².